The van der Waals surface area contributed by atoms with E-state index in [2.05, 4.69) is 35.9 Å². The summed E-state index contributed by atoms with van der Waals surface area (Å²) in [4.78, 5) is 25.5. The highest BCUT2D eigenvalue weighted by Crippen LogP contribution is 2.22. The lowest BCUT2D eigenvalue weighted by Gasteiger charge is -1.98. The van der Waals surface area contributed by atoms with E-state index in [4.69, 9.17) is 0 Å². The SMILES string of the molecule is O=c1ccnc(Sc2cc(Br)ncn2)[nH]1. The summed E-state index contributed by atoms with van der Waals surface area (Å²) in [6.07, 6.45) is 2.89. The first kappa shape index (κ1) is 10.3. The summed E-state index contributed by atoms with van der Waals surface area (Å²) < 4.78 is 0.693. The number of H-pyrrole nitrogens is 1. The lowest BCUT2D eigenvalue weighted by atomic mass is 10.7. The molecule has 0 saturated heterocycles. The smallest absolute Gasteiger partial charge is 0.251 e. The van der Waals surface area contributed by atoms with Crippen molar-refractivity contribution in [3.63, 3.8) is 0 Å². The molecule has 0 fully saturated rings. The Labute approximate surface area is 97.5 Å². The van der Waals surface area contributed by atoms with Crippen molar-refractivity contribution in [1.29, 1.82) is 0 Å². The lowest BCUT2D eigenvalue weighted by Crippen LogP contribution is -2.05. The Morgan fingerprint density at radius 2 is 2.20 bits per heavy atom. The standard InChI is InChI=1S/C8H5BrN4OS/c9-5-3-7(12-4-11-5)15-8-10-2-1-6(14)13-8/h1-4H,(H,10,13,14). The molecule has 0 aliphatic carbocycles. The molecule has 2 rings (SSSR count). The minimum Gasteiger partial charge on any atom is -0.301 e. The second-order valence-corrected chi connectivity index (χ2v) is 4.34. The van der Waals surface area contributed by atoms with Gasteiger partial charge in [-0.2, -0.15) is 0 Å². The zero-order valence-electron chi connectivity index (χ0n) is 7.35. The van der Waals surface area contributed by atoms with E-state index in [-0.39, 0.29) is 5.56 Å². The maximum absolute atomic E-state index is 11.0. The molecule has 0 saturated carbocycles. The fourth-order valence-corrected chi connectivity index (χ4v) is 2.07. The molecular weight excluding hydrogens is 280 g/mol. The summed E-state index contributed by atoms with van der Waals surface area (Å²) in [7, 11) is 0. The first-order valence-electron chi connectivity index (χ1n) is 3.95. The van der Waals surface area contributed by atoms with Crippen molar-refractivity contribution >= 4 is 27.7 Å². The van der Waals surface area contributed by atoms with Crippen LogP contribution in [0.3, 0.4) is 0 Å². The van der Waals surface area contributed by atoms with Gasteiger partial charge in [-0.1, -0.05) is 0 Å². The van der Waals surface area contributed by atoms with E-state index in [1.54, 1.807) is 6.07 Å². The highest BCUT2D eigenvalue weighted by atomic mass is 79.9. The number of hydrogen-bond donors (Lipinski definition) is 1. The topological polar surface area (TPSA) is 71.5 Å². The molecule has 0 bridgehead atoms. The van der Waals surface area contributed by atoms with Gasteiger partial charge in [0.05, 0.1) is 0 Å². The Balaban J connectivity index is 2.26. The minimum atomic E-state index is -0.180. The largest absolute Gasteiger partial charge is 0.301 e. The molecule has 0 amide bonds. The van der Waals surface area contributed by atoms with Crippen molar-refractivity contribution in [2.75, 3.05) is 0 Å². The average molecular weight is 285 g/mol. The summed E-state index contributed by atoms with van der Waals surface area (Å²) in [5.41, 5.74) is -0.180. The Bertz CT molecular complexity index is 530. The molecule has 76 valence electrons. The zero-order valence-corrected chi connectivity index (χ0v) is 9.75. The van der Waals surface area contributed by atoms with E-state index in [1.165, 1.54) is 30.4 Å². The molecular formula is C8H5BrN4OS. The van der Waals surface area contributed by atoms with Gasteiger partial charge in [0.15, 0.2) is 5.16 Å². The lowest BCUT2D eigenvalue weighted by molar-refractivity contribution is 0.927. The van der Waals surface area contributed by atoms with E-state index >= 15 is 0 Å². The Hall–Kier alpha value is -1.21. The van der Waals surface area contributed by atoms with Gasteiger partial charge >= 0.3 is 0 Å². The fraction of sp³-hybridized carbons (Fsp3) is 0. The van der Waals surface area contributed by atoms with E-state index in [9.17, 15) is 4.79 Å². The third-order valence-corrected chi connectivity index (χ3v) is 2.72. The van der Waals surface area contributed by atoms with Gasteiger partial charge in [0, 0.05) is 18.3 Å². The van der Waals surface area contributed by atoms with E-state index in [1.807, 2.05) is 0 Å². The van der Waals surface area contributed by atoms with Crippen LogP contribution in [0.15, 0.2) is 44.2 Å². The summed E-state index contributed by atoms with van der Waals surface area (Å²) in [6.45, 7) is 0. The third kappa shape index (κ3) is 2.87. The molecule has 0 unspecified atom stereocenters. The quantitative estimate of drug-likeness (QED) is 0.668. The molecule has 2 aromatic heterocycles. The first-order chi connectivity index (χ1) is 7.24. The zero-order chi connectivity index (χ0) is 10.7. The summed E-state index contributed by atoms with van der Waals surface area (Å²) >= 11 is 4.50. The van der Waals surface area contributed by atoms with Crippen LogP contribution in [-0.4, -0.2) is 19.9 Å². The van der Waals surface area contributed by atoms with Gasteiger partial charge in [0.25, 0.3) is 5.56 Å². The highest BCUT2D eigenvalue weighted by molar-refractivity contribution is 9.10. The predicted molar refractivity (Wildman–Crippen MR) is 58.7 cm³/mol. The molecule has 2 aromatic rings. The summed E-state index contributed by atoms with van der Waals surface area (Å²) in [6, 6.07) is 3.11. The Kier molecular flexibility index (Phi) is 3.12. The van der Waals surface area contributed by atoms with Gasteiger partial charge in [0.1, 0.15) is 16.0 Å². The molecule has 5 nitrogen and oxygen atoms in total. The Morgan fingerprint density at radius 3 is 2.93 bits per heavy atom. The summed E-state index contributed by atoms with van der Waals surface area (Å²) in [5, 5.41) is 1.22. The van der Waals surface area contributed by atoms with Crippen LogP contribution in [0.4, 0.5) is 0 Å². The van der Waals surface area contributed by atoms with Crippen molar-refractivity contribution < 1.29 is 0 Å². The maximum atomic E-state index is 11.0. The van der Waals surface area contributed by atoms with Gasteiger partial charge in [-0.3, -0.25) is 4.79 Å². The predicted octanol–water partition coefficient (Wildman–Crippen LogP) is 1.47. The first-order valence-corrected chi connectivity index (χ1v) is 5.56. The van der Waals surface area contributed by atoms with E-state index < -0.39 is 0 Å². The van der Waals surface area contributed by atoms with Crippen LogP contribution in [0, 0.1) is 0 Å². The van der Waals surface area contributed by atoms with E-state index in [0.29, 0.717) is 14.8 Å². The number of rotatable bonds is 2. The second kappa shape index (κ2) is 4.54. The highest BCUT2D eigenvalue weighted by Gasteiger charge is 2.01. The van der Waals surface area contributed by atoms with Gasteiger partial charge in [-0.25, -0.2) is 15.0 Å². The van der Waals surface area contributed by atoms with Crippen LogP contribution in [-0.2, 0) is 0 Å². The third-order valence-electron chi connectivity index (χ3n) is 1.46. The van der Waals surface area contributed by atoms with Crippen molar-refractivity contribution in [1.82, 2.24) is 19.9 Å². The fourth-order valence-electron chi connectivity index (χ4n) is 0.876. The molecule has 2 heterocycles. The van der Waals surface area contributed by atoms with Crippen LogP contribution < -0.4 is 5.56 Å². The van der Waals surface area contributed by atoms with Crippen molar-refractivity contribution in [2.24, 2.45) is 0 Å². The van der Waals surface area contributed by atoms with Crippen LogP contribution >= 0.6 is 27.7 Å². The van der Waals surface area contributed by atoms with Crippen molar-refractivity contribution in [3.8, 4) is 0 Å². The van der Waals surface area contributed by atoms with Gasteiger partial charge in [-0.15, -0.1) is 0 Å². The molecule has 0 radical (unpaired) electrons. The molecule has 0 aromatic carbocycles. The molecule has 0 aliphatic rings. The van der Waals surface area contributed by atoms with Crippen LogP contribution in [0.25, 0.3) is 0 Å². The molecule has 0 aliphatic heterocycles. The number of nitrogens with zero attached hydrogens (tertiary/aromatic N) is 3. The normalized spacial score (nSPS) is 10.2. The number of halogens is 1. The van der Waals surface area contributed by atoms with Gasteiger partial charge in [0.2, 0.25) is 0 Å². The van der Waals surface area contributed by atoms with Crippen molar-refractivity contribution in [3.05, 3.63) is 39.6 Å². The molecule has 1 N–H and O–H groups in total. The molecule has 0 atom stereocenters. The maximum Gasteiger partial charge on any atom is 0.251 e. The van der Waals surface area contributed by atoms with Crippen LogP contribution in [0.2, 0.25) is 0 Å². The second-order valence-electron chi connectivity index (χ2n) is 2.52. The number of aromatic amines is 1. The van der Waals surface area contributed by atoms with Crippen LogP contribution in [0.5, 0.6) is 0 Å². The molecule has 7 heteroatoms. The van der Waals surface area contributed by atoms with Gasteiger partial charge < -0.3 is 4.98 Å². The van der Waals surface area contributed by atoms with E-state index in [0.717, 1.165) is 0 Å². The number of nitrogens with one attached hydrogen (secondary N) is 1. The average Bonchev–Trinajstić information content (AvgIpc) is 2.17. The molecule has 0 spiro atoms. The Morgan fingerprint density at radius 1 is 1.33 bits per heavy atom. The number of aromatic nitrogens is 4. The monoisotopic (exact) mass is 284 g/mol. The van der Waals surface area contributed by atoms with Crippen molar-refractivity contribution in [2.45, 2.75) is 10.2 Å². The molecule has 15 heavy (non-hydrogen) atoms. The number of hydrogen-bond acceptors (Lipinski definition) is 5. The van der Waals surface area contributed by atoms with Gasteiger partial charge in [-0.05, 0) is 27.7 Å². The summed E-state index contributed by atoms with van der Waals surface area (Å²) in [5.74, 6) is 0. The minimum absolute atomic E-state index is 0.180. The van der Waals surface area contributed by atoms with Crippen LogP contribution in [0.1, 0.15) is 0 Å².